The predicted octanol–water partition coefficient (Wildman–Crippen LogP) is 4.43. The molecule has 0 radical (unpaired) electrons. The number of ether oxygens (including phenoxy) is 1. The van der Waals surface area contributed by atoms with Gasteiger partial charge in [0.25, 0.3) is 0 Å². The van der Waals surface area contributed by atoms with Crippen molar-refractivity contribution in [3.05, 3.63) is 70.9 Å². The Hall–Kier alpha value is -2.88. The van der Waals surface area contributed by atoms with Gasteiger partial charge in [0.15, 0.2) is 0 Å². The zero-order chi connectivity index (χ0) is 17.1. The summed E-state index contributed by atoms with van der Waals surface area (Å²) < 4.78 is 5.07. The summed E-state index contributed by atoms with van der Waals surface area (Å²) in [5, 5.41) is 0.796. The van der Waals surface area contributed by atoms with Gasteiger partial charge in [-0.1, -0.05) is 37.6 Å². The number of H-pyrrole nitrogens is 1. The maximum Gasteiger partial charge on any atom is 0.348 e. The molecule has 4 heteroatoms. The van der Waals surface area contributed by atoms with Gasteiger partial charge in [0.05, 0.1) is 11.1 Å². The highest BCUT2D eigenvalue weighted by Gasteiger charge is 2.21. The van der Waals surface area contributed by atoms with Gasteiger partial charge in [0, 0.05) is 16.6 Å². The molecule has 2 aromatic carbocycles. The van der Waals surface area contributed by atoms with Gasteiger partial charge in [-0.2, -0.15) is 0 Å². The molecule has 0 spiro atoms. The molecule has 0 saturated heterocycles. The van der Waals surface area contributed by atoms with E-state index in [1.165, 1.54) is 0 Å². The molecule has 1 aromatic heterocycles. The van der Waals surface area contributed by atoms with Gasteiger partial charge in [0.2, 0.25) is 0 Å². The van der Waals surface area contributed by atoms with Gasteiger partial charge in [-0.25, -0.2) is 9.59 Å². The zero-order valence-corrected chi connectivity index (χ0v) is 13.8. The zero-order valence-electron chi connectivity index (χ0n) is 13.8. The van der Waals surface area contributed by atoms with Crippen LogP contribution in [0.5, 0.6) is 0 Å². The molecule has 0 aliphatic carbocycles. The second-order valence-corrected chi connectivity index (χ2v) is 5.80. The number of aromatic nitrogens is 1. The Labute approximate surface area is 140 Å². The minimum Gasteiger partial charge on any atom is -0.386 e. The number of rotatable bonds is 4. The molecule has 24 heavy (non-hydrogen) atoms. The first-order valence-corrected chi connectivity index (χ1v) is 8.03. The largest absolute Gasteiger partial charge is 0.386 e. The molecule has 0 saturated carbocycles. The van der Waals surface area contributed by atoms with Gasteiger partial charge in [0.1, 0.15) is 0 Å². The lowest BCUT2D eigenvalue weighted by Gasteiger charge is -2.04. The van der Waals surface area contributed by atoms with E-state index in [-0.39, 0.29) is 0 Å². The lowest BCUT2D eigenvalue weighted by molar-refractivity contribution is 0.0399. The van der Waals surface area contributed by atoms with Crippen molar-refractivity contribution in [3.8, 4) is 0 Å². The van der Waals surface area contributed by atoms with Gasteiger partial charge >= 0.3 is 11.9 Å². The van der Waals surface area contributed by atoms with Crippen LogP contribution in [0.2, 0.25) is 0 Å². The summed E-state index contributed by atoms with van der Waals surface area (Å²) in [4.78, 5) is 27.8. The van der Waals surface area contributed by atoms with E-state index in [2.05, 4.69) is 11.9 Å². The van der Waals surface area contributed by atoms with Crippen LogP contribution >= 0.6 is 0 Å². The second-order valence-electron chi connectivity index (χ2n) is 5.80. The van der Waals surface area contributed by atoms with Gasteiger partial charge < -0.3 is 9.72 Å². The SMILES string of the molecule is CCCc1ccc2[nH]c(C)c(C(=O)OC(=O)c3ccccc3)c2c1. The van der Waals surface area contributed by atoms with Crippen molar-refractivity contribution in [2.75, 3.05) is 0 Å². The van der Waals surface area contributed by atoms with E-state index < -0.39 is 11.9 Å². The number of hydrogen-bond donors (Lipinski definition) is 1. The minimum atomic E-state index is -0.640. The first-order valence-electron chi connectivity index (χ1n) is 8.03. The summed E-state index contributed by atoms with van der Waals surface area (Å²) in [5.74, 6) is -1.26. The molecule has 1 N–H and O–H groups in total. The minimum absolute atomic E-state index is 0.356. The number of fused-ring (bicyclic) bond motifs is 1. The number of hydrogen-bond acceptors (Lipinski definition) is 3. The molecule has 3 aromatic rings. The summed E-state index contributed by atoms with van der Waals surface area (Å²) in [5.41, 5.74) is 3.51. The Morgan fingerprint density at radius 3 is 2.50 bits per heavy atom. The standard InChI is InChI=1S/C20H19NO3/c1-3-7-14-10-11-17-16(12-14)18(13(2)21-17)20(23)24-19(22)15-8-5-4-6-9-15/h4-6,8-12,21H,3,7H2,1-2H3. The molecule has 4 nitrogen and oxygen atoms in total. The van der Waals surface area contributed by atoms with Crippen LogP contribution in [0.15, 0.2) is 48.5 Å². The summed E-state index contributed by atoms with van der Waals surface area (Å²) in [6.07, 6.45) is 1.97. The number of aromatic amines is 1. The summed E-state index contributed by atoms with van der Waals surface area (Å²) in [6, 6.07) is 14.5. The van der Waals surface area contributed by atoms with Crippen LogP contribution < -0.4 is 0 Å². The van der Waals surface area contributed by atoms with E-state index in [9.17, 15) is 9.59 Å². The predicted molar refractivity (Wildman–Crippen MR) is 93.2 cm³/mol. The van der Waals surface area contributed by atoms with E-state index in [0.717, 1.165) is 29.3 Å². The molecule has 0 amide bonds. The Morgan fingerprint density at radius 1 is 1.04 bits per heavy atom. The van der Waals surface area contributed by atoms with E-state index in [1.54, 1.807) is 30.3 Å². The molecular formula is C20H19NO3. The van der Waals surface area contributed by atoms with Crippen LogP contribution in [0.4, 0.5) is 0 Å². The number of carbonyl (C=O) groups excluding carboxylic acids is 2. The number of carbonyl (C=O) groups is 2. The number of aryl methyl sites for hydroxylation is 2. The Bertz CT molecular complexity index is 894. The molecule has 0 unspecified atom stereocenters. The quantitative estimate of drug-likeness (QED) is 0.571. The lowest BCUT2D eigenvalue weighted by atomic mass is 10.0. The highest BCUT2D eigenvalue weighted by atomic mass is 16.6. The first-order chi connectivity index (χ1) is 11.6. The maximum absolute atomic E-state index is 12.5. The Balaban J connectivity index is 1.93. The summed E-state index contributed by atoms with van der Waals surface area (Å²) in [7, 11) is 0. The molecule has 0 atom stereocenters. The number of nitrogens with one attached hydrogen (secondary N) is 1. The summed E-state index contributed by atoms with van der Waals surface area (Å²) in [6.45, 7) is 3.92. The fourth-order valence-electron chi connectivity index (χ4n) is 2.85. The first kappa shape index (κ1) is 16.0. The van der Waals surface area contributed by atoms with Crippen molar-refractivity contribution in [2.45, 2.75) is 26.7 Å². The van der Waals surface area contributed by atoms with Crippen molar-refractivity contribution >= 4 is 22.8 Å². The molecular weight excluding hydrogens is 302 g/mol. The average Bonchev–Trinajstić information content (AvgIpc) is 2.91. The van der Waals surface area contributed by atoms with Crippen LogP contribution in [-0.4, -0.2) is 16.9 Å². The highest BCUT2D eigenvalue weighted by Crippen LogP contribution is 2.25. The third-order valence-electron chi connectivity index (χ3n) is 3.99. The molecule has 122 valence electrons. The van der Waals surface area contributed by atoms with Crippen LogP contribution in [-0.2, 0) is 11.2 Å². The van der Waals surface area contributed by atoms with Crippen LogP contribution in [0.3, 0.4) is 0 Å². The fourth-order valence-corrected chi connectivity index (χ4v) is 2.85. The molecule has 0 aliphatic heterocycles. The fraction of sp³-hybridized carbons (Fsp3) is 0.200. The monoisotopic (exact) mass is 321 g/mol. The molecule has 0 bridgehead atoms. The summed E-state index contributed by atoms with van der Waals surface area (Å²) >= 11 is 0. The van der Waals surface area contributed by atoms with E-state index in [0.29, 0.717) is 16.8 Å². The van der Waals surface area contributed by atoms with Gasteiger partial charge in [-0.15, -0.1) is 0 Å². The van der Waals surface area contributed by atoms with Crippen LogP contribution in [0, 0.1) is 6.92 Å². The Kier molecular flexibility index (Phi) is 4.47. The Morgan fingerprint density at radius 2 is 1.79 bits per heavy atom. The van der Waals surface area contributed by atoms with Crippen molar-refractivity contribution in [2.24, 2.45) is 0 Å². The van der Waals surface area contributed by atoms with Crippen molar-refractivity contribution in [3.63, 3.8) is 0 Å². The molecule has 1 heterocycles. The second kappa shape index (κ2) is 6.71. The highest BCUT2D eigenvalue weighted by molar-refractivity contribution is 6.10. The van der Waals surface area contributed by atoms with Crippen LogP contribution in [0.25, 0.3) is 10.9 Å². The smallest absolute Gasteiger partial charge is 0.348 e. The third-order valence-corrected chi connectivity index (χ3v) is 3.99. The third kappa shape index (κ3) is 3.08. The molecule has 0 aliphatic rings. The molecule has 3 rings (SSSR count). The van der Waals surface area contributed by atoms with Crippen molar-refractivity contribution < 1.29 is 14.3 Å². The maximum atomic E-state index is 12.5. The lowest BCUT2D eigenvalue weighted by Crippen LogP contribution is -2.13. The van der Waals surface area contributed by atoms with E-state index >= 15 is 0 Å². The van der Waals surface area contributed by atoms with Gasteiger partial charge in [-0.05, 0) is 43.2 Å². The topological polar surface area (TPSA) is 59.2 Å². The number of benzene rings is 2. The average molecular weight is 321 g/mol. The van der Waals surface area contributed by atoms with Crippen LogP contribution in [0.1, 0.15) is 45.3 Å². The molecule has 0 fully saturated rings. The normalized spacial score (nSPS) is 10.8. The van der Waals surface area contributed by atoms with Crippen molar-refractivity contribution in [1.29, 1.82) is 0 Å². The van der Waals surface area contributed by atoms with E-state index in [1.807, 2.05) is 25.1 Å². The van der Waals surface area contributed by atoms with E-state index in [4.69, 9.17) is 4.74 Å². The van der Waals surface area contributed by atoms with Gasteiger partial charge in [-0.3, -0.25) is 0 Å². The number of esters is 2. The van der Waals surface area contributed by atoms with Crippen molar-refractivity contribution in [1.82, 2.24) is 4.98 Å².